The van der Waals surface area contributed by atoms with E-state index in [9.17, 15) is 19.0 Å². The van der Waals surface area contributed by atoms with E-state index in [-0.39, 0.29) is 25.1 Å². The molecule has 0 saturated heterocycles. The number of amides is 1. The molecule has 3 unspecified atom stereocenters. The average molecular weight is 1110 g/mol. The van der Waals surface area contributed by atoms with Crippen molar-refractivity contribution in [3.63, 3.8) is 0 Å². The van der Waals surface area contributed by atoms with Crippen LogP contribution in [0.1, 0.15) is 297 Å². The zero-order valence-electron chi connectivity index (χ0n) is 51.9. The van der Waals surface area contributed by atoms with Gasteiger partial charge in [0.15, 0.2) is 0 Å². The molecule has 0 radical (unpaired) electrons. The quantitative estimate of drug-likeness (QED) is 0.0205. The van der Waals surface area contributed by atoms with Gasteiger partial charge in [-0.05, 0) is 76.7 Å². The van der Waals surface area contributed by atoms with Gasteiger partial charge in [-0.15, -0.1) is 0 Å². The summed E-state index contributed by atoms with van der Waals surface area (Å²) in [5.74, 6) is -0.501. The molecule has 10 heteroatoms. The van der Waals surface area contributed by atoms with Gasteiger partial charge < -0.3 is 19.4 Å². The van der Waals surface area contributed by atoms with E-state index in [0.29, 0.717) is 23.9 Å². The lowest BCUT2D eigenvalue weighted by atomic mass is 10.0. The second kappa shape index (κ2) is 57.7. The molecule has 0 aromatic carbocycles. The Bertz CT molecular complexity index is 1570. The molecule has 0 rings (SSSR count). The van der Waals surface area contributed by atoms with Crippen LogP contribution in [-0.2, 0) is 27.9 Å². The highest BCUT2D eigenvalue weighted by molar-refractivity contribution is 7.47. The number of nitrogens with one attached hydrogen (secondary N) is 1. The minimum atomic E-state index is -4.45. The number of allylic oxidation sites excluding steroid dienone is 11. The van der Waals surface area contributed by atoms with Crippen LogP contribution < -0.4 is 5.32 Å². The summed E-state index contributed by atoms with van der Waals surface area (Å²) in [5.41, 5.74) is 0. The van der Waals surface area contributed by atoms with Crippen LogP contribution >= 0.6 is 7.82 Å². The molecule has 0 bridgehead atoms. The number of esters is 1. The Kier molecular flexibility index (Phi) is 55.8. The monoisotopic (exact) mass is 1110 g/mol. The predicted octanol–water partition coefficient (Wildman–Crippen LogP) is 20.4. The SMILES string of the molecule is CC/C=C\C/C=C\C/C=C\C/C=C\C/C=C\CCCCCCCCCCCCCC(=O)NC(COP(=O)(O)OCC[N+](C)(C)C)C(/C=C\CCCCCCCCCCC)OC(=O)CCCCCCCCCCCCCCCC. The van der Waals surface area contributed by atoms with Gasteiger partial charge in [0.05, 0.1) is 33.8 Å². The molecule has 454 valence electrons. The van der Waals surface area contributed by atoms with Crippen LogP contribution in [0.2, 0.25) is 0 Å². The Hall–Kier alpha value is -2.55. The number of rotatable bonds is 59. The summed E-state index contributed by atoms with van der Waals surface area (Å²) in [4.78, 5) is 37.7. The number of unbranched alkanes of at least 4 members (excludes halogenated alkanes) is 33. The van der Waals surface area contributed by atoms with E-state index < -0.39 is 20.0 Å². The average Bonchev–Trinajstić information content (AvgIpc) is 3.41. The van der Waals surface area contributed by atoms with E-state index >= 15 is 0 Å². The molecule has 0 spiro atoms. The van der Waals surface area contributed by atoms with Crippen molar-refractivity contribution in [2.75, 3.05) is 40.9 Å². The zero-order chi connectivity index (χ0) is 57.2. The van der Waals surface area contributed by atoms with E-state index in [0.717, 1.165) is 89.9 Å². The van der Waals surface area contributed by atoms with Gasteiger partial charge in [0.25, 0.3) is 0 Å². The van der Waals surface area contributed by atoms with E-state index in [2.05, 4.69) is 86.8 Å². The molecule has 1 amide bonds. The fourth-order valence-electron chi connectivity index (χ4n) is 9.38. The first-order valence-electron chi connectivity index (χ1n) is 32.8. The maximum absolute atomic E-state index is 13.6. The smallest absolute Gasteiger partial charge is 0.456 e. The number of phosphoric ester groups is 1. The Morgan fingerprint density at radius 3 is 1.23 bits per heavy atom. The number of likely N-dealkylation sites (N-methyl/N-ethyl adjacent to an activating group) is 1. The maximum Gasteiger partial charge on any atom is 0.472 e. The van der Waals surface area contributed by atoms with Crippen LogP contribution in [0, 0.1) is 0 Å². The van der Waals surface area contributed by atoms with Crippen molar-refractivity contribution in [1.82, 2.24) is 5.32 Å². The van der Waals surface area contributed by atoms with Crippen LogP contribution in [0.3, 0.4) is 0 Å². The van der Waals surface area contributed by atoms with Gasteiger partial charge in [0.2, 0.25) is 5.91 Å². The van der Waals surface area contributed by atoms with Gasteiger partial charge in [0.1, 0.15) is 19.3 Å². The van der Waals surface area contributed by atoms with Gasteiger partial charge in [-0.2, -0.15) is 0 Å². The lowest BCUT2D eigenvalue weighted by Gasteiger charge is -2.27. The van der Waals surface area contributed by atoms with Crippen LogP contribution in [0.25, 0.3) is 0 Å². The third-order valence-corrected chi connectivity index (χ3v) is 15.4. The van der Waals surface area contributed by atoms with Crippen molar-refractivity contribution in [3.8, 4) is 0 Å². The molecule has 0 fully saturated rings. The van der Waals surface area contributed by atoms with Gasteiger partial charge in [-0.1, -0.05) is 280 Å². The molecular weight excluding hydrogens is 988 g/mol. The molecule has 0 aliphatic rings. The van der Waals surface area contributed by atoms with Crippen molar-refractivity contribution in [2.24, 2.45) is 0 Å². The molecule has 0 aliphatic carbocycles. The number of hydrogen-bond acceptors (Lipinski definition) is 6. The molecule has 0 saturated carbocycles. The molecule has 0 aromatic rings. The van der Waals surface area contributed by atoms with Crippen molar-refractivity contribution < 1.29 is 37.3 Å². The summed E-state index contributed by atoms with van der Waals surface area (Å²) < 4.78 is 30.7. The summed E-state index contributed by atoms with van der Waals surface area (Å²) in [6, 6.07) is -0.849. The number of carbonyl (C=O) groups excluding carboxylic acids is 2. The normalized spacial score (nSPS) is 14.1. The van der Waals surface area contributed by atoms with Crippen molar-refractivity contribution >= 4 is 19.7 Å². The molecule has 0 aromatic heterocycles. The standard InChI is InChI=1S/C68H125N2O7P/c1-7-10-13-16-19-22-25-27-29-30-31-32-33-34-35-36-37-38-39-40-41-42-45-48-51-54-57-60-67(71)69-65(64-76-78(73,74)75-63-62-70(4,5)6)66(59-56-53-50-47-44-24-21-18-15-12-9-3)77-68(72)61-58-55-52-49-46-43-28-26-23-20-17-14-11-8-2/h10,13,19,22,27,29,31-32,34-35,56,59,65-66H,7-9,11-12,14-18,20-21,23-26,28,30,33,36-55,57-58,60-64H2,1-6H3,(H-,69,71,73,74)/p+1/b13-10-,22-19-,29-27-,32-31-,35-34-,59-56-. The number of nitrogens with zero attached hydrogens (tertiary/aromatic N) is 1. The first-order valence-corrected chi connectivity index (χ1v) is 34.3. The largest absolute Gasteiger partial charge is 0.472 e. The molecular formula is C68H126N2O7P+. The minimum absolute atomic E-state index is 0.0392. The summed E-state index contributed by atoms with van der Waals surface area (Å²) in [5, 5.41) is 3.06. The van der Waals surface area contributed by atoms with Gasteiger partial charge in [-0.3, -0.25) is 18.6 Å². The number of carbonyl (C=O) groups is 2. The topological polar surface area (TPSA) is 111 Å². The maximum atomic E-state index is 13.6. The van der Waals surface area contributed by atoms with E-state index in [1.54, 1.807) is 0 Å². The molecule has 2 N–H and O–H groups in total. The zero-order valence-corrected chi connectivity index (χ0v) is 52.8. The van der Waals surface area contributed by atoms with E-state index in [4.69, 9.17) is 13.8 Å². The summed E-state index contributed by atoms with van der Waals surface area (Å²) in [7, 11) is 1.50. The fourth-order valence-corrected chi connectivity index (χ4v) is 10.1. The Labute approximate surface area is 483 Å². The Morgan fingerprint density at radius 2 is 0.821 bits per heavy atom. The highest BCUT2D eigenvalue weighted by atomic mass is 31.2. The Balaban J connectivity index is 5.03. The highest BCUT2D eigenvalue weighted by Gasteiger charge is 2.30. The summed E-state index contributed by atoms with van der Waals surface area (Å²) in [6.07, 6.45) is 74.8. The van der Waals surface area contributed by atoms with E-state index in [1.807, 2.05) is 33.3 Å². The van der Waals surface area contributed by atoms with Gasteiger partial charge >= 0.3 is 13.8 Å². The van der Waals surface area contributed by atoms with Crippen LogP contribution in [0.4, 0.5) is 0 Å². The number of ether oxygens (including phenoxy) is 1. The number of quaternary nitrogens is 1. The molecule has 0 aliphatic heterocycles. The lowest BCUT2D eigenvalue weighted by molar-refractivity contribution is -0.870. The van der Waals surface area contributed by atoms with Crippen molar-refractivity contribution in [1.29, 1.82) is 0 Å². The third-order valence-electron chi connectivity index (χ3n) is 14.4. The van der Waals surface area contributed by atoms with Crippen LogP contribution in [0.5, 0.6) is 0 Å². The first kappa shape index (κ1) is 75.5. The minimum Gasteiger partial charge on any atom is -0.456 e. The van der Waals surface area contributed by atoms with Crippen molar-refractivity contribution in [2.45, 2.75) is 309 Å². The van der Waals surface area contributed by atoms with E-state index in [1.165, 1.54) is 173 Å². The summed E-state index contributed by atoms with van der Waals surface area (Å²) in [6.45, 7) is 6.91. The second-order valence-corrected chi connectivity index (χ2v) is 24.7. The number of hydrogen-bond donors (Lipinski definition) is 2. The lowest BCUT2D eigenvalue weighted by Crippen LogP contribution is -2.47. The van der Waals surface area contributed by atoms with Crippen molar-refractivity contribution in [3.05, 3.63) is 72.9 Å². The first-order chi connectivity index (χ1) is 37.9. The second-order valence-electron chi connectivity index (χ2n) is 23.3. The van der Waals surface area contributed by atoms with Gasteiger partial charge in [0, 0.05) is 12.8 Å². The third kappa shape index (κ3) is 58.1. The van der Waals surface area contributed by atoms with Crippen LogP contribution in [0.15, 0.2) is 72.9 Å². The molecule has 78 heavy (non-hydrogen) atoms. The predicted molar refractivity (Wildman–Crippen MR) is 337 cm³/mol. The van der Waals surface area contributed by atoms with Gasteiger partial charge in [-0.25, -0.2) is 4.57 Å². The highest BCUT2D eigenvalue weighted by Crippen LogP contribution is 2.43. The Morgan fingerprint density at radius 1 is 0.462 bits per heavy atom. The molecule has 0 heterocycles. The number of phosphoric acid groups is 1. The summed E-state index contributed by atoms with van der Waals surface area (Å²) >= 11 is 0. The van der Waals surface area contributed by atoms with Crippen LogP contribution in [-0.4, -0.2) is 74.3 Å². The molecule has 3 atom stereocenters. The molecule has 9 nitrogen and oxygen atoms in total. The fraction of sp³-hybridized carbons (Fsp3) is 0.794.